The first-order valence-electron chi connectivity index (χ1n) is 9.94. The Kier molecular flexibility index (Phi) is 4.75. The smallest absolute Gasteiger partial charge is 0.254 e. The Morgan fingerprint density at radius 1 is 1.13 bits per heavy atom. The molecule has 0 saturated heterocycles. The van der Waals surface area contributed by atoms with Gasteiger partial charge in [-0.3, -0.25) is 4.79 Å². The first-order valence-corrected chi connectivity index (χ1v) is 10.7. The van der Waals surface area contributed by atoms with Crippen LogP contribution < -0.4 is 11.5 Å². The molecular formula is C23H20BrN5O2. The number of amides is 1. The third-order valence-corrected chi connectivity index (χ3v) is 6.43. The standard InChI is InChI=1S/C23H20BrN5O2/c24-17-4-2-1-3-16(17)18-8-7-12-5-6-13(9-19(12)27-18)21-20(23(26)31)22(25)29(28-21)14-10-15(30)11-14/h1-9,14-15,30H,10-11,25H2,(H2,26,31). The lowest BCUT2D eigenvalue weighted by Crippen LogP contribution is -2.32. The summed E-state index contributed by atoms with van der Waals surface area (Å²) in [5.74, 6) is -0.400. The molecule has 1 aliphatic rings. The predicted molar refractivity (Wildman–Crippen MR) is 123 cm³/mol. The van der Waals surface area contributed by atoms with Crippen molar-refractivity contribution in [3.63, 3.8) is 0 Å². The SMILES string of the molecule is NC(=O)c1c(-c2ccc3ccc(-c4ccccc4Br)nc3c2)nn(C2CC(O)C2)c1N. The third-order valence-electron chi connectivity index (χ3n) is 5.74. The van der Waals surface area contributed by atoms with Crippen LogP contribution in [0.15, 0.2) is 59.1 Å². The van der Waals surface area contributed by atoms with Gasteiger partial charge in [-0.1, -0.05) is 52.3 Å². The van der Waals surface area contributed by atoms with Crippen LogP contribution in [0.4, 0.5) is 5.82 Å². The lowest BCUT2D eigenvalue weighted by atomic mass is 9.90. The van der Waals surface area contributed by atoms with Crippen LogP contribution >= 0.6 is 15.9 Å². The van der Waals surface area contributed by atoms with Gasteiger partial charge in [0.1, 0.15) is 17.1 Å². The summed E-state index contributed by atoms with van der Waals surface area (Å²) >= 11 is 3.58. The van der Waals surface area contributed by atoms with E-state index in [1.807, 2.05) is 54.6 Å². The lowest BCUT2D eigenvalue weighted by molar-refractivity contribution is 0.0445. The van der Waals surface area contributed by atoms with Gasteiger partial charge in [0.25, 0.3) is 5.91 Å². The van der Waals surface area contributed by atoms with Gasteiger partial charge in [0.2, 0.25) is 0 Å². The molecule has 0 aliphatic heterocycles. The summed E-state index contributed by atoms with van der Waals surface area (Å²) in [5, 5.41) is 15.2. The van der Waals surface area contributed by atoms with Gasteiger partial charge in [-0.2, -0.15) is 5.10 Å². The Hall–Kier alpha value is -3.23. The number of hydrogen-bond donors (Lipinski definition) is 3. The number of pyridine rings is 1. The van der Waals surface area contributed by atoms with Crippen molar-refractivity contribution >= 4 is 38.6 Å². The maximum absolute atomic E-state index is 12.2. The zero-order chi connectivity index (χ0) is 21.7. The monoisotopic (exact) mass is 477 g/mol. The minimum atomic E-state index is -0.631. The normalized spacial score (nSPS) is 18.1. The van der Waals surface area contributed by atoms with Crippen molar-refractivity contribution in [2.45, 2.75) is 25.0 Å². The molecule has 2 aromatic carbocycles. The fraction of sp³-hybridized carbons (Fsp3) is 0.174. The fourth-order valence-corrected chi connectivity index (χ4v) is 4.50. The van der Waals surface area contributed by atoms with Crippen molar-refractivity contribution in [2.24, 2.45) is 5.73 Å². The summed E-state index contributed by atoms with van der Waals surface area (Å²) in [7, 11) is 0. The summed E-state index contributed by atoms with van der Waals surface area (Å²) in [6.07, 6.45) is 0.741. The first-order chi connectivity index (χ1) is 14.9. The number of anilines is 1. The Morgan fingerprint density at radius 2 is 1.87 bits per heavy atom. The third kappa shape index (κ3) is 3.37. The molecule has 1 saturated carbocycles. The number of aliphatic hydroxyl groups excluding tert-OH is 1. The molecule has 7 nitrogen and oxygen atoms in total. The Balaban J connectivity index is 1.63. The van der Waals surface area contributed by atoms with E-state index in [0.717, 1.165) is 26.6 Å². The second-order valence-electron chi connectivity index (χ2n) is 7.78. The van der Waals surface area contributed by atoms with Crippen LogP contribution in [0.25, 0.3) is 33.4 Å². The number of aromatic nitrogens is 3. The Morgan fingerprint density at radius 3 is 2.58 bits per heavy atom. The molecule has 1 fully saturated rings. The van der Waals surface area contributed by atoms with Gasteiger partial charge in [-0.05, 0) is 31.0 Å². The average Bonchev–Trinajstić information content (AvgIpc) is 3.08. The van der Waals surface area contributed by atoms with Crippen molar-refractivity contribution in [2.75, 3.05) is 5.73 Å². The first kappa shape index (κ1) is 19.7. The highest BCUT2D eigenvalue weighted by atomic mass is 79.9. The molecule has 0 atom stereocenters. The molecule has 31 heavy (non-hydrogen) atoms. The molecular weight excluding hydrogens is 458 g/mol. The quantitative estimate of drug-likeness (QED) is 0.411. The molecule has 1 aliphatic carbocycles. The summed E-state index contributed by atoms with van der Waals surface area (Å²) < 4.78 is 2.57. The van der Waals surface area contributed by atoms with Gasteiger partial charge >= 0.3 is 0 Å². The summed E-state index contributed by atoms with van der Waals surface area (Å²) in [5.41, 5.74) is 15.8. The Bertz CT molecular complexity index is 1330. The van der Waals surface area contributed by atoms with Crippen LogP contribution in [0.1, 0.15) is 29.2 Å². The van der Waals surface area contributed by atoms with Gasteiger partial charge in [0.05, 0.1) is 23.4 Å². The number of benzene rings is 2. The molecule has 1 amide bonds. The van der Waals surface area contributed by atoms with E-state index in [9.17, 15) is 9.90 Å². The van der Waals surface area contributed by atoms with Gasteiger partial charge in [-0.25, -0.2) is 9.67 Å². The molecule has 0 radical (unpaired) electrons. The van der Waals surface area contributed by atoms with Crippen molar-refractivity contribution in [1.82, 2.24) is 14.8 Å². The van der Waals surface area contributed by atoms with E-state index >= 15 is 0 Å². The second-order valence-corrected chi connectivity index (χ2v) is 8.63. The maximum Gasteiger partial charge on any atom is 0.254 e. The van der Waals surface area contributed by atoms with Gasteiger partial charge in [-0.15, -0.1) is 0 Å². The van der Waals surface area contributed by atoms with Crippen molar-refractivity contribution in [3.8, 4) is 22.5 Å². The van der Waals surface area contributed by atoms with Gasteiger partial charge in [0, 0.05) is 21.0 Å². The summed E-state index contributed by atoms with van der Waals surface area (Å²) in [4.78, 5) is 17.0. The maximum atomic E-state index is 12.2. The number of nitrogen functional groups attached to an aromatic ring is 1. The van der Waals surface area contributed by atoms with E-state index in [1.54, 1.807) is 4.68 Å². The highest BCUT2D eigenvalue weighted by molar-refractivity contribution is 9.10. The number of rotatable bonds is 4. The highest BCUT2D eigenvalue weighted by Gasteiger charge is 2.33. The average molecular weight is 478 g/mol. The molecule has 5 rings (SSSR count). The van der Waals surface area contributed by atoms with E-state index in [0.29, 0.717) is 24.1 Å². The molecule has 0 spiro atoms. The molecule has 8 heteroatoms. The number of nitrogens with two attached hydrogens (primary N) is 2. The van der Waals surface area contributed by atoms with Crippen LogP contribution in [0, 0.1) is 0 Å². The van der Waals surface area contributed by atoms with Crippen LogP contribution in [-0.2, 0) is 0 Å². The fourth-order valence-electron chi connectivity index (χ4n) is 4.01. The van der Waals surface area contributed by atoms with Crippen LogP contribution in [0.2, 0.25) is 0 Å². The van der Waals surface area contributed by atoms with Crippen molar-refractivity contribution < 1.29 is 9.90 Å². The zero-order valence-electron chi connectivity index (χ0n) is 16.5. The minimum absolute atomic E-state index is 0.0394. The number of carbonyl (C=O) groups excluding carboxylic acids is 1. The lowest BCUT2D eigenvalue weighted by Gasteiger charge is -2.32. The van der Waals surface area contributed by atoms with E-state index in [-0.39, 0.29) is 23.5 Å². The summed E-state index contributed by atoms with van der Waals surface area (Å²) in [6.45, 7) is 0. The predicted octanol–water partition coefficient (Wildman–Crippen LogP) is 3.90. The van der Waals surface area contributed by atoms with E-state index < -0.39 is 5.91 Å². The molecule has 0 bridgehead atoms. The number of aliphatic hydroxyl groups is 1. The molecule has 0 unspecified atom stereocenters. The number of carbonyl (C=O) groups is 1. The molecule has 4 aromatic rings. The van der Waals surface area contributed by atoms with Crippen LogP contribution in [0.5, 0.6) is 0 Å². The number of halogens is 1. The minimum Gasteiger partial charge on any atom is -0.393 e. The molecule has 156 valence electrons. The number of hydrogen-bond acceptors (Lipinski definition) is 5. The van der Waals surface area contributed by atoms with Crippen molar-refractivity contribution in [1.29, 1.82) is 0 Å². The number of primary amides is 1. The summed E-state index contributed by atoms with van der Waals surface area (Å²) in [6, 6.07) is 17.6. The van der Waals surface area contributed by atoms with Gasteiger partial charge < -0.3 is 16.6 Å². The van der Waals surface area contributed by atoms with Crippen LogP contribution in [-0.4, -0.2) is 31.9 Å². The van der Waals surface area contributed by atoms with E-state index in [2.05, 4.69) is 21.0 Å². The number of nitrogens with zero attached hydrogens (tertiary/aromatic N) is 3. The molecule has 2 aromatic heterocycles. The van der Waals surface area contributed by atoms with Crippen LogP contribution in [0.3, 0.4) is 0 Å². The topological polar surface area (TPSA) is 120 Å². The van der Waals surface area contributed by atoms with E-state index in [1.165, 1.54) is 0 Å². The van der Waals surface area contributed by atoms with E-state index in [4.69, 9.17) is 16.5 Å². The second kappa shape index (κ2) is 7.47. The highest BCUT2D eigenvalue weighted by Crippen LogP contribution is 2.38. The molecule has 5 N–H and O–H groups in total. The van der Waals surface area contributed by atoms with Crippen molar-refractivity contribution in [3.05, 3.63) is 64.6 Å². The Labute approximate surface area is 186 Å². The van der Waals surface area contributed by atoms with Gasteiger partial charge in [0.15, 0.2) is 0 Å². The molecule has 2 heterocycles. The number of fused-ring (bicyclic) bond motifs is 1. The zero-order valence-corrected chi connectivity index (χ0v) is 18.1. The largest absolute Gasteiger partial charge is 0.393 e.